The van der Waals surface area contributed by atoms with Crippen molar-refractivity contribution in [2.24, 2.45) is 0 Å². The molecule has 1 aromatic heterocycles. The van der Waals surface area contributed by atoms with Crippen LogP contribution in [0.25, 0.3) is 0 Å². The smallest absolute Gasteiger partial charge is 0.228 e. The van der Waals surface area contributed by atoms with E-state index in [1.807, 2.05) is 50.3 Å². The first kappa shape index (κ1) is 28.6. The van der Waals surface area contributed by atoms with E-state index in [1.165, 1.54) is 4.68 Å². The first-order valence-electron chi connectivity index (χ1n) is 14.3. The highest BCUT2D eigenvalue weighted by Crippen LogP contribution is 2.36. The van der Waals surface area contributed by atoms with Crippen LogP contribution in [-0.4, -0.2) is 38.1 Å². The van der Waals surface area contributed by atoms with E-state index in [2.05, 4.69) is 10.3 Å². The quantitative estimate of drug-likeness (QED) is 0.219. The van der Waals surface area contributed by atoms with Crippen molar-refractivity contribution < 1.29 is 23.9 Å². The maximum atomic E-state index is 13.8. The monoisotopic (exact) mass is 583 g/mol. The van der Waals surface area contributed by atoms with Gasteiger partial charge in [-0.15, -0.1) is 5.10 Å². The van der Waals surface area contributed by atoms with Crippen LogP contribution < -0.4 is 0 Å². The number of carbonyl (C=O) groups is 4. The van der Waals surface area contributed by atoms with Crippen LogP contribution in [0.1, 0.15) is 85.9 Å². The van der Waals surface area contributed by atoms with Crippen molar-refractivity contribution in [3.05, 3.63) is 153 Å². The Labute approximate surface area is 254 Å². The molecule has 0 aliphatic heterocycles. The minimum Gasteiger partial charge on any atom is -0.483 e. The molecule has 0 fully saturated rings. The van der Waals surface area contributed by atoms with Gasteiger partial charge in [-0.05, 0) is 32.8 Å². The van der Waals surface area contributed by atoms with Crippen LogP contribution in [0.2, 0.25) is 0 Å². The summed E-state index contributed by atoms with van der Waals surface area (Å²) < 4.78 is 7.57. The van der Waals surface area contributed by atoms with Gasteiger partial charge in [0.05, 0.1) is 11.8 Å². The van der Waals surface area contributed by atoms with Gasteiger partial charge in [0.1, 0.15) is 18.3 Å². The van der Waals surface area contributed by atoms with Crippen LogP contribution in [0.4, 0.5) is 0 Å². The predicted octanol–water partition coefficient (Wildman–Crippen LogP) is 6.47. The molecule has 0 bridgehead atoms. The third kappa shape index (κ3) is 5.04. The third-order valence-electron chi connectivity index (χ3n) is 7.87. The second kappa shape index (κ2) is 11.6. The molecule has 0 saturated carbocycles. The molecule has 0 amide bonds. The Morgan fingerprint density at radius 1 is 0.773 bits per heavy atom. The molecule has 0 spiro atoms. The van der Waals surface area contributed by atoms with Crippen LogP contribution in [0.15, 0.2) is 119 Å². The van der Waals surface area contributed by atoms with Gasteiger partial charge in [-0.2, -0.15) is 0 Å². The molecule has 44 heavy (non-hydrogen) atoms. The minimum atomic E-state index is -0.737. The van der Waals surface area contributed by atoms with Gasteiger partial charge >= 0.3 is 0 Å². The summed E-state index contributed by atoms with van der Waals surface area (Å²) in [6.07, 6.45) is 3.77. The molecule has 1 atom stereocenters. The van der Waals surface area contributed by atoms with E-state index in [0.29, 0.717) is 39.1 Å². The summed E-state index contributed by atoms with van der Waals surface area (Å²) in [5.41, 5.74) is 4.46. The molecule has 8 nitrogen and oxygen atoms in total. The van der Waals surface area contributed by atoms with E-state index >= 15 is 0 Å². The zero-order valence-corrected chi connectivity index (χ0v) is 24.5. The number of hydrogen-bond donors (Lipinski definition) is 0. The molecular formula is C36H29N3O5. The maximum absolute atomic E-state index is 13.8. The number of aromatic nitrogens is 3. The Morgan fingerprint density at radius 3 is 1.98 bits per heavy atom. The number of carbonyl (C=O) groups excluding carboxylic acids is 4. The van der Waals surface area contributed by atoms with Crippen molar-refractivity contribution in [3.63, 3.8) is 0 Å². The highest BCUT2D eigenvalue weighted by atomic mass is 16.5. The molecule has 4 aromatic rings. The molecule has 0 radical (unpaired) electrons. The second-order valence-corrected chi connectivity index (χ2v) is 11.0. The van der Waals surface area contributed by atoms with Gasteiger partial charge in [-0.1, -0.05) is 95.7 Å². The number of rotatable bonds is 8. The van der Waals surface area contributed by atoms with E-state index in [4.69, 9.17) is 4.74 Å². The Hall–Kier alpha value is -5.50. The first-order valence-corrected chi connectivity index (χ1v) is 14.3. The lowest BCUT2D eigenvalue weighted by Gasteiger charge is -2.26. The molecule has 2 aliphatic carbocycles. The number of nitrogens with zero attached hydrogens (tertiary/aromatic N) is 3. The summed E-state index contributed by atoms with van der Waals surface area (Å²) >= 11 is 0. The molecular weight excluding hydrogens is 554 g/mol. The number of fused-ring (bicyclic) bond motifs is 2. The fraction of sp³-hybridized carbons (Fsp3) is 0.167. The fourth-order valence-corrected chi connectivity index (χ4v) is 5.64. The maximum Gasteiger partial charge on any atom is 0.228 e. The highest BCUT2D eigenvalue weighted by molar-refractivity contribution is 6.27. The number of Topliss-reactive ketones (excluding diaryl/α,β-unsaturated/α-hetero) is 4. The average Bonchev–Trinajstić information content (AvgIpc) is 3.51. The van der Waals surface area contributed by atoms with Gasteiger partial charge in [0.15, 0.2) is 23.1 Å². The summed E-state index contributed by atoms with van der Waals surface area (Å²) in [6.45, 7) is 5.37. The minimum absolute atomic E-state index is 0.0106. The Morgan fingerprint density at radius 2 is 1.34 bits per heavy atom. The standard InChI is InChI=1S/C36H29N3O5/c1-21(2)17-18-29-33(41)26-14-8-10-16-28(26)35(43)36(29)44-20-24-19-39(38-37-24)31(23-11-5-4-6-12-23)30-22(3)32(40)25-13-7-9-15-27(25)34(30)42/h4-17,19,31H,18,20H2,1-3H3. The molecule has 0 saturated heterocycles. The topological polar surface area (TPSA) is 108 Å². The van der Waals surface area contributed by atoms with E-state index in [-0.39, 0.29) is 47.5 Å². The average molecular weight is 584 g/mol. The number of hydrogen-bond acceptors (Lipinski definition) is 7. The summed E-state index contributed by atoms with van der Waals surface area (Å²) in [6, 6.07) is 22.1. The lowest BCUT2D eigenvalue weighted by atomic mass is 9.80. The Balaban J connectivity index is 1.36. The lowest BCUT2D eigenvalue weighted by Crippen LogP contribution is -2.28. The molecule has 6 rings (SSSR count). The van der Waals surface area contributed by atoms with Crippen molar-refractivity contribution in [1.29, 1.82) is 0 Å². The zero-order chi connectivity index (χ0) is 31.0. The summed E-state index contributed by atoms with van der Waals surface area (Å²) in [7, 11) is 0. The summed E-state index contributed by atoms with van der Waals surface area (Å²) in [4.78, 5) is 54.0. The van der Waals surface area contributed by atoms with Crippen molar-refractivity contribution in [2.75, 3.05) is 0 Å². The number of ketones is 4. The van der Waals surface area contributed by atoms with Crippen LogP contribution in [0.3, 0.4) is 0 Å². The largest absolute Gasteiger partial charge is 0.483 e. The Kier molecular flexibility index (Phi) is 7.57. The number of benzene rings is 3. The van der Waals surface area contributed by atoms with E-state index in [0.717, 1.165) is 11.1 Å². The fourth-order valence-electron chi connectivity index (χ4n) is 5.64. The van der Waals surface area contributed by atoms with Gasteiger partial charge in [-0.25, -0.2) is 4.68 Å². The van der Waals surface area contributed by atoms with Gasteiger partial charge < -0.3 is 4.74 Å². The highest BCUT2D eigenvalue weighted by Gasteiger charge is 2.37. The van der Waals surface area contributed by atoms with Gasteiger partial charge in [0.2, 0.25) is 5.78 Å². The van der Waals surface area contributed by atoms with Crippen molar-refractivity contribution in [3.8, 4) is 0 Å². The van der Waals surface area contributed by atoms with Crippen LogP contribution in [-0.2, 0) is 11.3 Å². The molecule has 0 N–H and O–H groups in total. The van der Waals surface area contributed by atoms with Crippen LogP contribution in [0, 0.1) is 0 Å². The normalized spacial score (nSPS) is 15.2. The van der Waals surface area contributed by atoms with E-state index in [9.17, 15) is 19.2 Å². The van der Waals surface area contributed by atoms with Crippen LogP contribution in [0.5, 0.6) is 0 Å². The number of allylic oxidation sites excluding steroid dienone is 6. The molecule has 1 heterocycles. The van der Waals surface area contributed by atoms with Crippen LogP contribution >= 0.6 is 0 Å². The van der Waals surface area contributed by atoms with Gasteiger partial charge in [0.25, 0.3) is 0 Å². The van der Waals surface area contributed by atoms with E-state index < -0.39 is 6.04 Å². The number of ether oxygens (including phenoxy) is 1. The van der Waals surface area contributed by atoms with Gasteiger partial charge in [-0.3, -0.25) is 19.2 Å². The molecule has 2 aliphatic rings. The second-order valence-electron chi connectivity index (χ2n) is 11.0. The molecule has 8 heteroatoms. The van der Waals surface area contributed by atoms with Crippen molar-refractivity contribution >= 4 is 23.1 Å². The van der Waals surface area contributed by atoms with Gasteiger partial charge in [0, 0.05) is 33.4 Å². The molecule has 218 valence electrons. The first-order chi connectivity index (χ1) is 21.3. The summed E-state index contributed by atoms with van der Waals surface area (Å²) in [5.74, 6) is -1.08. The third-order valence-corrected chi connectivity index (χ3v) is 7.87. The predicted molar refractivity (Wildman–Crippen MR) is 163 cm³/mol. The molecule has 1 unspecified atom stereocenters. The zero-order valence-electron chi connectivity index (χ0n) is 24.5. The SMILES string of the molecule is CC(C)=CCC1=C(OCc2cn(C(C3=C(C)C(=O)c4ccccc4C3=O)c3ccccc3)nn2)C(=O)c2ccccc2C1=O. The molecule has 3 aromatic carbocycles. The van der Waals surface area contributed by atoms with Crippen molar-refractivity contribution in [2.45, 2.75) is 39.8 Å². The summed E-state index contributed by atoms with van der Waals surface area (Å²) in [5, 5.41) is 8.62. The lowest BCUT2D eigenvalue weighted by molar-refractivity contribution is 0.0853. The van der Waals surface area contributed by atoms with Crippen molar-refractivity contribution in [1.82, 2.24) is 15.0 Å². The Bertz CT molecular complexity index is 1940. The van der Waals surface area contributed by atoms with E-state index in [1.54, 1.807) is 61.7 Å².